The Morgan fingerprint density at radius 3 is 1.19 bits per heavy atom. The minimum absolute atomic E-state index is 0.0903. The number of amides is 4. The molecule has 18 heteroatoms. The third kappa shape index (κ3) is 12.4. The summed E-state index contributed by atoms with van der Waals surface area (Å²) in [6.07, 6.45) is 0. The molecule has 2 unspecified atom stereocenters. The zero-order valence-electron chi connectivity index (χ0n) is 33.6. The van der Waals surface area contributed by atoms with Crippen LogP contribution in [0.15, 0.2) is 118 Å². The minimum Gasteiger partial charge on any atom is -0.324 e. The van der Waals surface area contributed by atoms with Crippen molar-refractivity contribution in [2.45, 2.75) is 51.5 Å². The van der Waals surface area contributed by atoms with Crippen LogP contribution in [0.3, 0.4) is 0 Å². The first-order valence-corrected chi connectivity index (χ1v) is 20.5. The van der Waals surface area contributed by atoms with Crippen LogP contribution in [0.4, 0.5) is 34.1 Å². The minimum atomic E-state index is -1.55. The Bertz CT molecular complexity index is 2420. The van der Waals surface area contributed by atoms with E-state index in [1.165, 1.54) is 50.2 Å². The third-order valence-corrected chi connectivity index (χ3v) is 10.3. The molecule has 4 N–H and O–H groups in total. The first kappa shape index (κ1) is 46.7. The molecule has 0 saturated heterocycles. The smallest absolute Gasteiger partial charge is 0.258 e. The first-order chi connectivity index (χ1) is 29.6. The fraction of sp³-hybridized carbons (Fsp3) is 0.182. The summed E-state index contributed by atoms with van der Waals surface area (Å²) in [7, 11) is 0. The van der Waals surface area contributed by atoms with Crippen LogP contribution in [0.2, 0.25) is 10.0 Å². The average molecular weight is 917 g/mol. The predicted molar refractivity (Wildman–Crippen MR) is 242 cm³/mol. The molecule has 0 aliphatic rings. The summed E-state index contributed by atoms with van der Waals surface area (Å²) >= 11 is 24.3. The van der Waals surface area contributed by atoms with Gasteiger partial charge in [0.05, 0.1) is 32.5 Å². The first-order valence-electron chi connectivity index (χ1n) is 18.6. The number of nitrogens with zero attached hydrogens (tertiary/aromatic N) is 4. The number of ketones is 2. The number of carbonyl (C=O) groups excluding carboxylic acids is 6. The number of aryl methyl sites for hydroxylation is 2. The molecule has 2 atom stereocenters. The highest BCUT2D eigenvalue weighted by Crippen LogP contribution is 2.28. The Morgan fingerprint density at radius 2 is 0.871 bits per heavy atom. The fourth-order valence-corrected chi connectivity index (χ4v) is 6.39. The second-order valence-electron chi connectivity index (χ2n) is 13.8. The molecule has 318 valence electrons. The topological polar surface area (TPSA) is 200 Å². The number of rotatable bonds is 16. The summed E-state index contributed by atoms with van der Waals surface area (Å²) in [5.41, 5.74) is 4.91. The predicted octanol–water partition coefficient (Wildman–Crippen LogP) is 11.0. The van der Waals surface area contributed by atoms with Crippen molar-refractivity contribution in [3.8, 4) is 0 Å². The second-order valence-corrected chi connectivity index (χ2v) is 15.2. The van der Waals surface area contributed by atoms with Gasteiger partial charge in [-0.15, -0.1) is 23.2 Å². The van der Waals surface area contributed by atoms with Gasteiger partial charge in [-0.2, -0.15) is 20.5 Å². The molecule has 0 bridgehead atoms. The normalized spacial score (nSPS) is 12.1. The van der Waals surface area contributed by atoms with Crippen LogP contribution in [0.1, 0.15) is 56.8 Å². The number of benzene rings is 5. The van der Waals surface area contributed by atoms with Crippen LogP contribution in [-0.2, 0) is 30.9 Å². The van der Waals surface area contributed by atoms with Crippen molar-refractivity contribution in [2.24, 2.45) is 20.5 Å². The lowest BCUT2D eigenvalue weighted by atomic mass is 10.1. The molecule has 5 aromatic carbocycles. The number of nitrogens with one attached hydrogen (secondary N) is 4. The number of hydrogen-bond acceptors (Lipinski definition) is 10. The molecule has 0 radical (unpaired) electrons. The van der Waals surface area contributed by atoms with Gasteiger partial charge in [-0.25, -0.2) is 0 Å². The van der Waals surface area contributed by atoms with Gasteiger partial charge in [0, 0.05) is 34.5 Å². The van der Waals surface area contributed by atoms with Crippen LogP contribution in [0, 0.1) is 13.8 Å². The van der Waals surface area contributed by atoms with Gasteiger partial charge in [-0.05, 0) is 123 Å². The van der Waals surface area contributed by atoms with E-state index >= 15 is 0 Å². The molecule has 0 heterocycles. The van der Waals surface area contributed by atoms with E-state index in [4.69, 9.17) is 46.4 Å². The van der Waals surface area contributed by atoms with E-state index in [1.807, 2.05) is 0 Å². The molecule has 0 fully saturated rings. The van der Waals surface area contributed by atoms with Crippen LogP contribution in [0.5, 0.6) is 0 Å². The van der Waals surface area contributed by atoms with Crippen molar-refractivity contribution in [3.05, 3.63) is 140 Å². The number of azo groups is 2. The lowest BCUT2D eigenvalue weighted by Crippen LogP contribution is -2.32. The summed E-state index contributed by atoms with van der Waals surface area (Å²) in [6.45, 7) is 5.69. The van der Waals surface area contributed by atoms with Gasteiger partial charge >= 0.3 is 0 Å². The van der Waals surface area contributed by atoms with E-state index in [0.717, 1.165) is 11.1 Å². The van der Waals surface area contributed by atoms with E-state index in [1.54, 1.807) is 74.5 Å². The molecular formula is C44H38Cl4N8O6. The molecule has 0 saturated carbocycles. The highest BCUT2D eigenvalue weighted by atomic mass is 35.5. The average Bonchev–Trinajstić information content (AvgIpc) is 3.24. The van der Waals surface area contributed by atoms with E-state index in [2.05, 4.69) is 41.7 Å². The molecule has 4 amide bonds. The highest BCUT2D eigenvalue weighted by molar-refractivity contribution is 6.35. The number of halogens is 4. The van der Waals surface area contributed by atoms with Crippen molar-refractivity contribution in [1.82, 2.24) is 0 Å². The van der Waals surface area contributed by atoms with Gasteiger partial charge in [0.2, 0.25) is 12.1 Å². The van der Waals surface area contributed by atoms with Gasteiger partial charge in [-0.3, -0.25) is 28.8 Å². The second kappa shape index (κ2) is 21.5. The lowest BCUT2D eigenvalue weighted by molar-refractivity contribution is -0.127. The number of hydrogen-bond donors (Lipinski definition) is 4. The molecule has 14 nitrogen and oxygen atoms in total. The van der Waals surface area contributed by atoms with Gasteiger partial charge in [-0.1, -0.05) is 47.5 Å². The number of alkyl halides is 2. The Balaban J connectivity index is 1.24. The molecule has 0 aliphatic heterocycles. The molecule has 5 aromatic rings. The quantitative estimate of drug-likeness (QED) is 0.0431. The Labute approximate surface area is 376 Å². The summed E-state index contributed by atoms with van der Waals surface area (Å²) in [5, 5.41) is 27.3. The monoisotopic (exact) mass is 914 g/mol. The summed E-state index contributed by atoms with van der Waals surface area (Å²) < 4.78 is 0. The maximum Gasteiger partial charge on any atom is 0.258 e. The summed E-state index contributed by atoms with van der Waals surface area (Å²) in [4.78, 5) is 77.9. The van der Waals surface area contributed by atoms with Crippen molar-refractivity contribution in [1.29, 1.82) is 0 Å². The molecule has 0 aromatic heterocycles. The maximum absolute atomic E-state index is 13.4. The Hall–Kier alpha value is -6.32. The standard InChI is InChI=1S/C44H38Cl4N8O6/c1-23-17-38(52-44(62)40(26(4)58)56-54-32-14-16-36(48)34(20-32)42(60)50-30-11-7-28(22-46)8-12-30)24(2)18-37(23)51-43(61)39(25(3)57)55-53-31-13-15-35(47)33(19-31)41(59)49-29-9-5-27(21-45)6-10-29/h5-20,39-40H,21-22H2,1-4H3,(H,49,59)(H,50,60)(H,51,61)(H,52,62). The van der Waals surface area contributed by atoms with E-state index in [9.17, 15) is 28.8 Å². The van der Waals surface area contributed by atoms with E-state index in [-0.39, 0.29) is 32.5 Å². The summed E-state index contributed by atoms with van der Waals surface area (Å²) in [5.74, 6) is -3.15. The maximum atomic E-state index is 13.4. The largest absolute Gasteiger partial charge is 0.324 e. The van der Waals surface area contributed by atoms with Crippen LogP contribution >= 0.6 is 46.4 Å². The van der Waals surface area contributed by atoms with Crippen molar-refractivity contribution >= 4 is 116 Å². The van der Waals surface area contributed by atoms with Crippen molar-refractivity contribution < 1.29 is 28.8 Å². The van der Waals surface area contributed by atoms with Crippen LogP contribution < -0.4 is 21.3 Å². The zero-order valence-corrected chi connectivity index (χ0v) is 36.6. The molecule has 0 spiro atoms. The number of anilines is 4. The third-order valence-electron chi connectivity index (χ3n) is 9.05. The Morgan fingerprint density at radius 1 is 0.516 bits per heavy atom. The van der Waals surface area contributed by atoms with Crippen molar-refractivity contribution in [3.63, 3.8) is 0 Å². The number of carbonyl (C=O) groups is 6. The fourth-order valence-electron chi connectivity index (χ4n) is 5.62. The lowest BCUT2D eigenvalue weighted by Gasteiger charge is -2.16. The molecular weight excluding hydrogens is 878 g/mol. The zero-order chi connectivity index (χ0) is 45.1. The van der Waals surface area contributed by atoms with Crippen molar-refractivity contribution in [2.75, 3.05) is 21.3 Å². The summed E-state index contributed by atoms with van der Waals surface area (Å²) in [6, 6.07) is 22.5. The van der Waals surface area contributed by atoms with Gasteiger partial charge in [0.15, 0.2) is 11.6 Å². The number of Topliss-reactive ketones (excluding diaryl/α,β-unsaturated/α-hetero) is 2. The SMILES string of the molecule is CC(=O)C(N=Nc1ccc(Cl)c(C(=O)Nc2ccc(CCl)cc2)c1)C(=O)Nc1cc(C)c(NC(=O)C(N=Nc2ccc(Cl)c(C(=O)Nc3ccc(CCl)cc3)c2)C(C)=O)cc1C. The highest BCUT2D eigenvalue weighted by Gasteiger charge is 2.26. The molecule has 0 aliphatic carbocycles. The molecule has 62 heavy (non-hydrogen) atoms. The van der Waals surface area contributed by atoms with Gasteiger partial charge < -0.3 is 21.3 Å². The van der Waals surface area contributed by atoms with E-state index < -0.39 is 47.3 Å². The Kier molecular flexibility index (Phi) is 16.2. The van der Waals surface area contributed by atoms with Crippen LogP contribution in [0.25, 0.3) is 0 Å². The molecule has 5 rings (SSSR count). The van der Waals surface area contributed by atoms with E-state index in [0.29, 0.717) is 45.6 Å². The van der Waals surface area contributed by atoms with Gasteiger partial charge in [0.25, 0.3) is 23.6 Å². The van der Waals surface area contributed by atoms with Crippen LogP contribution in [-0.4, -0.2) is 47.3 Å². The van der Waals surface area contributed by atoms with Gasteiger partial charge in [0.1, 0.15) is 0 Å².